The van der Waals surface area contributed by atoms with Gasteiger partial charge in [0.25, 0.3) is 0 Å². The Morgan fingerprint density at radius 2 is 1.69 bits per heavy atom. The second kappa shape index (κ2) is 10.6. The molecule has 36 heavy (non-hydrogen) atoms. The van der Waals surface area contributed by atoms with Gasteiger partial charge in [-0.05, 0) is 60.6 Å². The minimum atomic E-state index is -0.625. The summed E-state index contributed by atoms with van der Waals surface area (Å²) in [4.78, 5) is 26.9. The van der Waals surface area contributed by atoms with Gasteiger partial charge in [0.05, 0.1) is 26.4 Å². The highest BCUT2D eigenvalue weighted by atomic mass is 19.1. The molecule has 4 rings (SSSR count). The van der Waals surface area contributed by atoms with Crippen molar-refractivity contribution >= 4 is 11.8 Å². The number of methoxy groups -OCH3 is 2. The fourth-order valence-electron chi connectivity index (χ4n) is 4.96. The Morgan fingerprint density at radius 1 is 1.03 bits per heavy atom. The molecule has 0 saturated heterocycles. The largest absolute Gasteiger partial charge is 0.493 e. The summed E-state index contributed by atoms with van der Waals surface area (Å²) in [6.45, 7) is 6.01. The monoisotopic (exact) mass is 493 g/mol. The summed E-state index contributed by atoms with van der Waals surface area (Å²) in [5, 5.41) is 3.34. The van der Waals surface area contributed by atoms with E-state index in [1.807, 2.05) is 39.0 Å². The average Bonchev–Trinajstić information content (AvgIpc) is 2.86. The van der Waals surface area contributed by atoms with E-state index in [1.54, 1.807) is 26.4 Å². The summed E-state index contributed by atoms with van der Waals surface area (Å²) in [5.41, 5.74) is 3.99. The molecular weight excluding hydrogens is 461 g/mol. The van der Waals surface area contributed by atoms with E-state index in [9.17, 15) is 14.0 Å². The molecule has 0 spiro atoms. The number of dihydropyridines is 1. The molecule has 1 aliphatic heterocycles. The number of Topliss-reactive ketones (excluding diaryl/α,β-unsaturated/α-hetero) is 1. The fourth-order valence-corrected chi connectivity index (χ4v) is 4.96. The lowest BCUT2D eigenvalue weighted by atomic mass is 9.71. The standard InChI is InChI=1S/C29H32FNO5/c1-16(2)15-36-29(33)26-17(3)31-22-12-20(19-8-11-24(34-4)25(14-19)35-5)13-23(32)28(22)27(26)18-6-9-21(30)10-7-18/h6-11,14,16,20,27,31H,12-13,15H2,1-5H3/t20-,27-/m1/s1. The first-order chi connectivity index (χ1) is 17.2. The van der Waals surface area contributed by atoms with Gasteiger partial charge in [-0.3, -0.25) is 4.79 Å². The van der Waals surface area contributed by atoms with Crippen LogP contribution in [0.4, 0.5) is 4.39 Å². The predicted molar refractivity (Wildman–Crippen MR) is 134 cm³/mol. The zero-order chi connectivity index (χ0) is 26.0. The number of carbonyl (C=O) groups is 2. The van der Waals surface area contributed by atoms with Crippen LogP contribution in [0.1, 0.15) is 56.6 Å². The minimum absolute atomic E-state index is 0.0560. The maximum absolute atomic E-state index is 13.7. The van der Waals surface area contributed by atoms with Crippen molar-refractivity contribution in [2.45, 2.75) is 45.4 Å². The molecule has 0 amide bonds. The predicted octanol–water partition coefficient (Wildman–Crippen LogP) is 5.40. The Labute approximate surface area is 211 Å². The average molecular weight is 494 g/mol. The van der Waals surface area contributed by atoms with E-state index in [0.717, 1.165) is 11.3 Å². The topological polar surface area (TPSA) is 73.9 Å². The van der Waals surface area contributed by atoms with Gasteiger partial charge < -0.3 is 19.5 Å². The van der Waals surface area contributed by atoms with Crippen molar-refractivity contribution in [3.63, 3.8) is 0 Å². The number of benzene rings is 2. The summed E-state index contributed by atoms with van der Waals surface area (Å²) in [6.07, 6.45) is 0.862. The van der Waals surface area contributed by atoms with E-state index in [0.29, 0.717) is 40.3 Å². The van der Waals surface area contributed by atoms with Gasteiger partial charge >= 0.3 is 5.97 Å². The molecule has 0 radical (unpaired) electrons. The van der Waals surface area contributed by atoms with Gasteiger partial charge in [0.2, 0.25) is 0 Å². The number of allylic oxidation sites excluding steroid dienone is 3. The van der Waals surface area contributed by atoms with Gasteiger partial charge in [-0.1, -0.05) is 32.0 Å². The molecule has 2 aromatic rings. The molecule has 1 heterocycles. The first-order valence-corrected chi connectivity index (χ1v) is 12.1. The molecule has 6 nitrogen and oxygen atoms in total. The van der Waals surface area contributed by atoms with E-state index < -0.39 is 11.9 Å². The first kappa shape index (κ1) is 25.5. The van der Waals surface area contributed by atoms with E-state index in [2.05, 4.69) is 5.32 Å². The number of ketones is 1. The molecule has 2 aliphatic rings. The van der Waals surface area contributed by atoms with E-state index in [-0.39, 0.29) is 36.5 Å². The van der Waals surface area contributed by atoms with Gasteiger partial charge in [0.1, 0.15) is 5.82 Å². The van der Waals surface area contributed by atoms with E-state index in [1.165, 1.54) is 12.1 Å². The maximum atomic E-state index is 13.7. The normalized spacial score (nSPS) is 19.7. The zero-order valence-corrected chi connectivity index (χ0v) is 21.3. The van der Waals surface area contributed by atoms with Crippen molar-refractivity contribution in [3.05, 3.63) is 81.9 Å². The molecule has 1 aliphatic carbocycles. The third-order valence-corrected chi connectivity index (χ3v) is 6.68. The summed E-state index contributed by atoms with van der Waals surface area (Å²) in [7, 11) is 3.16. The number of halogens is 1. The molecule has 190 valence electrons. The second-order valence-corrected chi connectivity index (χ2v) is 9.68. The molecule has 0 saturated carbocycles. The van der Waals surface area contributed by atoms with Crippen LogP contribution in [0, 0.1) is 11.7 Å². The fraction of sp³-hybridized carbons (Fsp3) is 0.379. The third-order valence-electron chi connectivity index (χ3n) is 6.68. The third kappa shape index (κ3) is 5.01. The number of carbonyl (C=O) groups excluding carboxylic acids is 2. The summed E-state index contributed by atoms with van der Waals surface area (Å²) in [5.74, 6) is -0.198. The van der Waals surface area contributed by atoms with Crippen LogP contribution >= 0.6 is 0 Å². The van der Waals surface area contributed by atoms with Gasteiger partial charge in [0.15, 0.2) is 17.3 Å². The van der Waals surface area contributed by atoms with E-state index >= 15 is 0 Å². The molecule has 0 unspecified atom stereocenters. The number of hydrogen-bond acceptors (Lipinski definition) is 6. The van der Waals surface area contributed by atoms with Crippen molar-refractivity contribution in [1.29, 1.82) is 0 Å². The maximum Gasteiger partial charge on any atom is 0.336 e. The van der Waals surface area contributed by atoms with Gasteiger partial charge in [-0.15, -0.1) is 0 Å². The van der Waals surface area contributed by atoms with Gasteiger partial charge in [-0.25, -0.2) is 9.18 Å². The molecule has 0 aromatic heterocycles. The Balaban J connectivity index is 1.74. The highest BCUT2D eigenvalue weighted by Gasteiger charge is 2.41. The number of hydrogen-bond donors (Lipinski definition) is 1. The van der Waals surface area contributed by atoms with Crippen LogP contribution in [0.25, 0.3) is 0 Å². The quantitative estimate of drug-likeness (QED) is 0.521. The molecular formula is C29H32FNO5. The van der Waals surface area contributed by atoms with Crippen molar-refractivity contribution < 1.29 is 28.2 Å². The Hall–Kier alpha value is -3.61. The van der Waals surface area contributed by atoms with Crippen LogP contribution in [0.2, 0.25) is 0 Å². The van der Waals surface area contributed by atoms with Crippen LogP contribution in [-0.4, -0.2) is 32.6 Å². The zero-order valence-electron chi connectivity index (χ0n) is 21.3. The molecule has 2 aromatic carbocycles. The molecule has 0 fully saturated rings. The smallest absolute Gasteiger partial charge is 0.336 e. The number of esters is 1. The molecule has 1 N–H and O–H groups in total. The highest BCUT2D eigenvalue weighted by Crippen LogP contribution is 2.46. The summed E-state index contributed by atoms with van der Waals surface area (Å²) >= 11 is 0. The van der Waals surface area contributed by atoms with Crippen LogP contribution in [0.3, 0.4) is 0 Å². The molecule has 2 atom stereocenters. The minimum Gasteiger partial charge on any atom is -0.493 e. The Morgan fingerprint density at radius 3 is 2.33 bits per heavy atom. The van der Waals surface area contributed by atoms with Crippen LogP contribution in [0.15, 0.2) is 65.0 Å². The summed E-state index contributed by atoms with van der Waals surface area (Å²) in [6, 6.07) is 11.7. The summed E-state index contributed by atoms with van der Waals surface area (Å²) < 4.78 is 30.1. The van der Waals surface area contributed by atoms with Crippen LogP contribution < -0.4 is 14.8 Å². The Kier molecular flexibility index (Phi) is 7.48. The van der Waals surface area contributed by atoms with Gasteiger partial charge in [0, 0.05) is 29.3 Å². The first-order valence-electron chi connectivity index (χ1n) is 12.1. The van der Waals surface area contributed by atoms with Crippen molar-refractivity contribution in [2.24, 2.45) is 5.92 Å². The second-order valence-electron chi connectivity index (χ2n) is 9.68. The number of nitrogens with one attached hydrogen (secondary N) is 1. The highest BCUT2D eigenvalue weighted by molar-refractivity contribution is 6.04. The lowest BCUT2D eigenvalue weighted by Gasteiger charge is -2.36. The van der Waals surface area contributed by atoms with Crippen LogP contribution in [-0.2, 0) is 14.3 Å². The molecule has 7 heteroatoms. The van der Waals surface area contributed by atoms with Crippen LogP contribution in [0.5, 0.6) is 11.5 Å². The number of ether oxygens (including phenoxy) is 3. The lowest BCUT2D eigenvalue weighted by Crippen LogP contribution is -2.36. The van der Waals surface area contributed by atoms with Crippen molar-refractivity contribution in [1.82, 2.24) is 5.32 Å². The lowest BCUT2D eigenvalue weighted by molar-refractivity contribution is -0.140. The van der Waals surface area contributed by atoms with Crippen molar-refractivity contribution in [3.8, 4) is 11.5 Å². The Bertz CT molecular complexity index is 1230. The van der Waals surface area contributed by atoms with E-state index in [4.69, 9.17) is 14.2 Å². The SMILES string of the molecule is COc1ccc([C@H]2CC(=O)C3=C(C2)NC(C)=C(C(=O)OCC(C)C)[C@H]3c2ccc(F)cc2)cc1OC. The number of rotatable bonds is 7. The van der Waals surface area contributed by atoms with Gasteiger partial charge in [-0.2, -0.15) is 0 Å². The molecule has 0 bridgehead atoms. The van der Waals surface area contributed by atoms with Crippen molar-refractivity contribution in [2.75, 3.05) is 20.8 Å².